The number of halogens is 1. The summed E-state index contributed by atoms with van der Waals surface area (Å²) in [6.07, 6.45) is 0. The minimum absolute atomic E-state index is 0.0711. The van der Waals surface area contributed by atoms with Crippen molar-refractivity contribution < 1.29 is 4.79 Å². The lowest BCUT2D eigenvalue weighted by molar-refractivity contribution is 0.0941. The highest BCUT2D eigenvalue weighted by molar-refractivity contribution is 6.33. The highest BCUT2D eigenvalue weighted by Gasteiger charge is 2.22. The molecule has 1 atom stereocenters. The molecule has 152 valence electrons. The fourth-order valence-electron chi connectivity index (χ4n) is 3.33. The van der Waals surface area contributed by atoms with E-state index >= 15 is 0 Å². The van der Waals surface area contributed by atoms with Gasteiger partial charge in [-0.05, 0) is 39.1 Å². The minimum Gasteiger partial charge on any atom is -0.350 e. The van der Waals surface area contributed by atoms with Crippen LogP contribution in [0.2, 0.25) is 5.15 Å². The topological polar surface area (TPSA) is 50.2 Å². The lowest BCUT2D eigenvalue weighted by Crippen LogP contribution is -2.34. The smallest absolute Gasteiger partial charge is 0.256 e. The Labute approximate surface area is 177 Å². The zero-order valence-corrected chi connectivity index (χ0v) is 18.1. The van der Waals surface area contributed by atoms with Gasteiger partial charge in [-0.3, -0.25) is 4.79 Å². The van der Waals surface area contributed by atoms with Gasteiger partial charge in [0.25, 0.3) is 5.91 Å². The highest BCUT2D eigenvalue weighted by atomic mass is 35.5. The van der Waals surface area contributed by atoms with Gasteiger partial charge in [-0.1, -0.05) is 71.8 Å². The molecule has 3 aromatic rings. The average Bonchev–Trinajstić information content (AvgIpc) is 2.97. The number of nitrogens with one attached hydrogen (secondary N) is 1. The van der Waals surface area contributed by atoms with E-state index in [1.54, 1.807) is 4.68 Å². The molecule has 0 saturated heterocycles. The first-order valence-corrected chi connectivity index (χ1v) is 10.0. The maximum absolute atomic E-state index is 12.9. The molecule has 0 spiro atoms. The zero-order chi connectivity index (χ0) is 21.0. The van der Waals surface area contributed by atoms with Gasteiger partial charge in [0, 0.05) is 6.54 Å². The standard InChI is InChI=1S/C23H27ClN4O/c1-16-10-12-18(13-11-16)15-28-22(24)21(17(2)26-28)23(29)25-14-20(27(3)4)19-8-6-5-7-9-19/h5-13,20H,14-15H2,1-4H3,(H,25,29). The Balaban J connectivity index is 1.73. The summed E-state index contributed by atoms with van der Waals surface area (Å²) in [6, 6.07) is 18.4. The summed E-state index contributed by atoms with van der Waals surface area (Å²) in [5, 5.41) is 7.87. The number of benzene rings is 2. The molecule has 29 heavy (non-hydrogen) atoms. The van der Waals surface area contributed by atoms with Crippen molar-refractivity contribution in [1.82, 2.24) is 20.0 Å². The molecular formula is C23H27ClN4O. The number of nitrogens with zero attached hydrogens (tertiary/aromatic N) is 3. The van der Waals surface area contributed by atoms with Crippen molar-refractivity contribution >= 4 is 17.5 Å². The van der Waals surface area contributed by atoms with E-state index in [2.05, 4.69) is 39.6 Å². The molecule has 0 saturated carbocycles. The zero-order valence-electron chi connectivity index (χ0n) is 17.3. The van der Waals surface area contributed by atoms with E-state index < -0.39 is 0 Å². The molecule has 2 aromatic carbocycles. The van der Waals surface area contributed by atoms with Crippen molar-refractivity contribution in [2.24, 2.45) is 0 Å². The lowest BCUT2D eigenvalue weighted by atomic mass is 10.1. The Morgan fingerprint density at radius 3 is 2.38 bits per heavy atom. The molecule has 1 amide bonds. The van der Waals surface area contributed by atoms with Gasteiger partial charge in [-0.25, -0.2) is 4.68 Å². The van der Waals surface area contributed by atoms with Gasteiger partial charge in [0.15, 0.2) is 0 Å². The second-order valence-electron chi connectivity index (χ2n) is 7.49. The molecule has 6 heteroatoms. The van der Waals surface area contributed by atoms with E-state index in [-0.39, 0.29) is 11.9 Å². The van der Waals surface area contributed by atoms with Crippen molar-refractivity contribution in [2.45, 2.75) is 26.4 Å². The van der Waals surface area contributed by atoms with E-state index in [1.807, 2.05) is 58.3 Å². The van der Waals surface area contributed by atoms with Crippen LogP contribution < -0.4 is 5.32 Å². The van der Waals surface area contributed by atoms with Crippen molar-refractivity contribution in [3.63, 3.8) is 0 Å². The summed E-state index contributed by atoms with van der Waals surface area (Å²) < 4.78 is 1.68. The summed E-state index contributed by atoms with van der Waals surface area (Å²) in [4.78, 5) is 15.0. The largest absolute Gasteiger partial charge is 0.350 e. The number of aromatic nitrogens is 2. The van der Waals surface area contributed by atoms with E-state index in [0.29, 0.717) is 29.5 Å². The number of carbonyl (C=O) groups excluding carboxylic acids is 1. The normalized spacial score (nSPS) is 12.2. The molecule has 0 radical (unpaired) electrons. The summed E-state index contributed by atoms with van der Waals surface area (Å²) in [5.41, 5.74) is 4.50. The van der Waals surface area contributed by atoms with Crippen LogP contribution in [0.1, 0.15) is 38.8 Å². The summed E-state index contributed by atoms with van der Waals surface area (Å²) in [5.74, 6) is -0.203. The Morgan fingerprint density at radius 1 is 1.10 bits per heavy atom. The highest BCUT2D eigenvalue weighted by Crippen LogP contribution is 2.22. The van der Waals surface area contributed by atoms with E-state index in [0.717, 1.165) is 11.1 Å². The van der Waals surface area contributed by atoms with Gasteiger partial charge in [0.2, 0.25) is 0 Å². The Kier molecular flexibility index (Phi) is 6.72. The van der Waals surface area contributed by atoms with Crippen LogP contribution in [0.15, 0.2) is 54.6 Å². The maximum atomic E-state index is 12.9. The van der Waals surface area contributed by atoms with Crippen LogP contribution in [0, 0.1) is 13.8 Å². The fraction of sp³-hybridized carbons (Fsp3) is 0.304. The predicted molar refractivity (Wildman–Crippen MR) is 117 cm³/mol. The quantitative estimate of drug-likeness (QED) is 0.634. The van der Waals surface area contributed by atoms with Crippen molar-refractivity contribution in [3.8, 4) is 0 Å². The van der Waals surface area contributed by atoms with Gasteiger partial charge in [-0.15, -0.1) is 0 Å². The van der Waals surface area contributed by atoms with Gasteiger partial charge >= 0.3 is 0 Å². The van der Waals surface area contributed by atoms with Gasteiger partial charge in [-0.2, -0.15) is 5.10 Å². The van der Waals surface area contributed by atoms with Gasteiger partial charge < -0.3 is 10.2 Å². The number of likely N-dealkylation sites (N-methyl/N-ethyl adjacent to an activating group) is 1. The number of amides is 1. The van der Waals surface area contributed by atoms with Crippen LogP contribution in [-0.4, -0.2) is 41.2 Å². The Bertz CT molecular complexity index is 965. The summed E-state index contributed by atoms with van der Waals surface area (Å²) in [6.45, 7) is 4.87. The summed E-state index contributed by atoms with van der Waals surface area (Å²) in [7, 11) is 4.00. The molecule has 0 bridgehead atoms. The van der Waals surface area contributed by atoms with E-state index in [1.165, 1.54) is 5.56 Å². The van der Waals surface area contributed by atoms with Crippen molar-refractivity contribution in [3.05, 3.63) is 87.7 Å². The van der Waals surface area contributed by atoms with Crippen LogP contribution in [0.5, 0.6) is 0 Å². The first-order valence-electron chi connectivity index (χ1n) is 9.65. The lowest BCUT2D eigenvalue weighted by Gasteiger charge is -2.25. The predicted octanol–water partition coefficient (Wildman–Crippen LogP) is 4.23. The molecule has 0 aliphatic heterocycles. The monoisotopic (exact) mass is 410 g/mol. The molecule has 1 unspecified atom stereocenters. The third kappa shape index (κ3) is 5.05. The van der Waals surface area contributed by atoms with Gasteiger partial charge in [0.1, 0.15) is 5.15 Å². The first-order chi connectivity index (χ1) is 13.9. The fourth-order valence-corrected chi connectivity index (χ4v) is 3.65. The molecule has 1 heterocycles. The van der Waals surface area contributed by atoms with Crippen molar-refractivity contribution in [2.75, 3.05) is 20.6 Å². The summed E-state index contributed by atoms with van der Waals surface area (Å²) >= 11 is 6.53. The molecule has 5 nitrogen and oxygen atoms in total. The Morgan fingerprint density at radius 2 is 1.76 bits per heavy atom. The van der Waals surface area contributed by atoms with E-state index in [9.17, 15) is 4.79 Å². The van der Waals surface area contributed by atoms with Crippen LogP contribution in [0.25, 0.3) is 0 Å². The first kappa shape index (κ1) is 21.1. The SMILES string of the molecule is Cc1ccc(Cn2nc(C)c(C(=O)NCC(c3ccccc3)N(C)C)c2Cl)cc1. The van der Waals surface area contributed by atoms with Crippen LogP contribution in [0.4, 0.5) is 0 Å². The second-order valence-corrected chi connectivity index (χ2v) is 7.85. The number of rotatable bonds is 7. The van der Waals surface area contributed by atoms with Crippen LogP contribution in [0.3, 0.4) is 0 Å². The Hall–Kier alpha value is -2.63. The number of aryl methyl sites for hydroxylation is 2. The molecular weight excluding hydrogens is 384 g/mol. The molecule has 1 N–H and O–H groups in total. The number of hydrogen-bond acceptors (Lipinski definition) is 3. The molecule has 3 rings (SSSR count). The second kappa shape index (κ2) is 9.25. The third-order valence-electron chi connectivity index (χ3n) is 5.01. The third-order valence-corrected chi connectivity index (χ3v) is 5.39. The minimum atomic E-state index is -0.203. The van der Waals surface area contributed by atoms with Crippen LogP contribution >= 0.6 is 11.6 Å². The number of hydrogen-bond donors (Lipinski definition) is 1. The van der Waals surface area contributed by atoms with Gasteiger partial charge in [0.05, 0.1) is 23.8 Å². The molecule has 0 aliphatic rings. The van der Waals surface area contributed by atoms with Crippen molar-refractivity contribution in [1.29, 1.82) is 0 Å². The molecule has 1 aromatic heterocycles. The van der Waals surface area contributed by atoms with Crippen LogP contribution in [-0.2, 0) is 6.54 Å². The average molecular weight is 411 g/mol. The molecule has 0 aliphatic carbocycles. The molecule has 0 fully saturated rings. The van der Waals surface area contributed by atoms with E-state index in [4.69, 9.17) is 11.6 Å². The number of carbonyl (C=O) groups is 1. The maximum Gasteiger partial charge on any atom is 0.256 e.